The van der Waals surface area contributed by atoms with Crippen molar-refractivity contribution >= 4 is 10.1 Å². The van der Waals surface area contributed by atoms with Crippen LogP contribution >= 0.6 is 0 Å². The van der Waals surface area contributed by atoms with Gasteiger partial charge in [-0.05, 0) is 23.5 Å². The minimum Gasteiger partial charge on any atom is -0.266 e. The molecule has 0 unspecified atom stereocenters. The topological polar surface area (TPSA) is 43.4 Å². The fraction of sp³-hybridized carbons (Fsp3) is 0.600. The van der Waals surface area contributed by atoms with Gasteiger partial charge in [-0.25, -0.2) is 0 Å². The van der Waals surface area contributed by atoms with E-state index in [0.29, 0.717) is 4.90 Å². The molecule has 0 aliphatic heterocycles. The normalized spacial score (nSPS) is 12.6. The van der Waals surface area contributed by atoms with E-state index in [0.717, 1.165) is 24.8 Å². The van der Waals surface area contributed by atoms with Crippen LogP contribution in [0.3, 0.4) is 0 Å². The van der Waals surface area contributed by atoms with Crippen LogP contribution in [0.15, 0.2) is 29.2 Å². The quantitative estimate of drug-likeness (QED) is 0.588. The minimum atomic E-state index is -3.65. The van der Waals surface area contributed by atoms with Crippen LogP contribution in [-0.2, 0) is 19.7 Å². The zero-order valence-corrected chi connectivity index (χ0v) is 13.1. The summed E-state index contributed by atoms with van der Waals surface area (Å²) >= 11 is 0. The summed E-state index contributed by atoms with van der Waals surface area (Å²) in [5.74, 6) is 0. The van der Waals surface area contributed by atoms with Crippen molar-refractivity contribution in [1.29, 1.82) is 0 Å². The van der Waals surface area contributed by atoms with E-state index in [2.05, 4.69) is 6.92 Å². The molecular formula is C15H24O3S. The first-order valence-electron chi connectivity index (χ1n) is 6.78. The van der Waals surface area contributed by atoms with Gasteiger partial charge in [0.1, 0.15) is 0 Å². The molecule has 0 atom stereocenters. The molecule has 0 N–H and O–H groups in total. The second-order valence-electron chi connectivity index (χ2n) is 5.73. The van der Waals surface area contributed by atoms with E-state index in [-0.39, 0.29) is 12.0 Å². The smallest absolute Gasteiger partial charge is 0.266 e. The van der Waals surface area contributed by atoms with Crippen LogP contribution in [0.5, 0.6) is 0 Å². The first-order chi connectivity index (χ1) is 8.79. The Morgan fingerprint density at radius 3 is 2.32 bits per heavy atom. The Hall–Kier alpha value is -0.870. The van der Waals surface area contributed by atoms with Crippen molar-refractivity contribution in [3.63, 3.8) is 0 Å². The lowest BCUT2D eigenvalue weighted by Crippen LogP contribution is -2.18. The summed E-state index contributed by atoms with van der Waals surface area (Å²) in [7, 11) is -3.65. The third-order valence-electron chi connectivity index (χ3n) is 2.95. The predicted molar refractivity (Wildman–Crippen MR) is 77.8 cm³/mol. The Balaban J connectivity index is 2.96. The molecule has 0 saturated heterocycles. The van der Waals surface area contributed by atoms with Crippen LogP contribution in [0, 0.1) is 0 Å². The SMILES string of the molecule is CCCCCOS(=O)(=O)c1ccccc1C(C)(C)C. The molecule has 1 rings (SSSR count). The van der Waals surface area contributed by atoms with Crippen LogP contribution in [0.2, 0.25) is 0 Å². The molecule has 1 aromatic rings. The zero-order chi connectivity index (χ0) is 14.5. The third kappa shape index (κ3) is 4.62. The molecule has 0 aromatic heterocycles. The molecule has 108 valence electrons. The molecule has 0 radical (unpaired) electrons. The minimum absolute atomic E-state index is 0.226. The molecule has 4 heteroatoms. The van der Waals surface area contributed by atoms with E-state index in [1.54, 1.807) is 12.1 Å². The van der Waals surface area contributed by atoms with Crippen molar-refractivity contribution in [2.24, 2.45) is 0 Å². The number of rotatable bonds is 6. The first-order valence-corrected chi connectivity index (χ1v) is 8.19. The molecule has 0 aliphatic carbocycles. The van der Waals surface area contributed by atoms with Crippen LogP contribution in [-0.4, -0.2) is 15.0 Å². The molecule has 0 heterocycles. The molecule has 0 fully saturated rings. The van der Waals surface area contributed by atoms with Gasteiger partial charge < -0.3 is 0 Å². The molecule has 0 aliphatic rings. The van der Waals surface area contributed by atoms with Crippen molar-refractivity contribution in [3.8, 4) is 0 Å². The highest BCUT2D eigenvalue weighted by molar-refractivity contribution is 7.86. The van der Waals surface area contributed by atoms with E-state index in [9.17, 15) is 8.42 Å². The Bertz CT molecular complexity index is 498. The lowest BCUT2D eigenvalue weighted by atomic mass is 9.87. The highest BCUT2D eigenvalue weighted by atomic mass is 32.2. The van der Waals surface area contributed by atoms with Crippen LogP contribution in [0.1, 0.15) is 52.5 Å². The number of unbranched alkanes of at least 4 members (excludes halogenated alkanes) is 2. The summed E-state index contributed by atoms with van der Waals surface area (Å²) in [5.41, 5.74) is 0.571. The van der Waals surface area contributed by atoms with Gasteiger partial charge in [-0.1, -0.05) is 58.7 Å². The summed E-state index contributed by atoms with van der Waals surface area (Å²) in [5, 5.41) is 0. The summed E-state index contributed by atoms with van der Waals surface area (Å²) in [4.78, 5) is 0.291. The van der Waals surface area contributed by atoms with Crippen LogP contribution in [0.4, 0.5) is 0 Å². The average Bonchev–Trinajstić information content (AvgIpc) is 2.34. The van der Waals surface area contributed by atoms with E-state index in [1.165, 1.54) is 0 Å². The van der Waals surface area contributed by atoms with E-state index in [1.807, 2.05) is 32.9 Å². The Morgan fingerprint density at radius 2 is 1.74 bits per heavy atom. The van der Waals surface area contributed by atoms with E-state index < -0.39 is 10.1 Å². The maximum absolute atomic E-state index is 12.2. The predicted octanol–water partition coefficient (Wildman–Crippen LogP) is 3.88. The highest BCUT2D eigenvalue weighted by Crippen LogP contribution is 2.29. The van der Waals surface area contributed by atoms with Crippen molar-refractivity contribution in [2.75, 3.05) is 6.61 Å². The van der Waals surface area contributed by atoms with Crippen molar-refractivity contribution in [3.05, 3.63) is 29.8 Å². The molecule has 0 bridgehead atoms. The van der Waals surface area contributed by atoms with Crippen LogP contribution in [0.25, 0.3) is 0 Å². The number of benzene rings is 1. The lowest BCUT2D eigenvalue weighted by molar-refractivity contribution is 0.307. The molecule has 3 nitrogen and oxygen atoms in total. The third-order valence-corrected chi connectivity index (χ3v) is 4.32. The average molecular weight is 284 g/mol. The van der Waals surface area contributed by atoms with Gasteiger partial charge in [-0.3, -0.25) is 4.18 Å². The Kier molecular flexibility index (Phi) is 5.56. The molecule has 0 spiro atoms. The highest BCUT2D eigenvalue weighted by Gasteiger charge is 2.25. The Morgan fingerprint density at radius 1 is 1.11 bits per heavy atom. The summed E-state index contributed by atoms with van der Waals surface area (Å²) in [6.45, 7) is 8.33. The van der Waals surface area contributed by atoms with E-state index >= 15 is 0 Å². The second-order valence-corrected chi connectivity index (χ2v) is 7.31. The van der Waals surface area contributed by atoms with Gasteiger partial charge in [0.2, 0.25) is 0 Å². The molecule has 0 amide bonds. The first kappa shape index (κ1) is 16.2. The molecule has 1 aromatic carbocycles. The van der Waals surface area contributed by atoms with Gasteiger partial charge >= 0.3 is 0 Å². The van der Waals surface area contributed by atoms with Crippen LogP contribution < -0.4 is 0 Å². The number of hydrogen-bond acceptors (Lipinski definition) is 3. The molecular weight excluding hydrogens is 260 g/mol. The van der Waals surface area contributed by atoms with Crippen molar-refractivity contribution in [1.82, 2.24) is 0 Å². The summed E-state index contributed by atoms with van der Waals surface area (Å²) in [6.07, 6.45) is 2.80. The van der Waals surface area contributed by atoms with Gasteiger partial charge in [-0.2, -0.15) is 8.42 Å². The maximum atomic E-state index is 12.2. The maximum Gasteiger partial charge on any atom is 0.297 e. The lowest BCUT2D eigenvalue weighted by Gasteiger charge is -2.22. The standard InChI is InChI=1S/C15H24O3S/c1-5-6-9-12-18-19(16,17)14-11-8-7-10-13(14)15(2,3)4/h7-8,10-11H,5-6,9,12H2,1-4H3. The summed E-state index contributed by atoms with van der Waals surface area (Å²) in [6, 6.07) is 7.06. The molecule has 0 saturated carbocycles. The van der Waals surface area contributed by atoms with Gasteiger partial charge in [-0.15, -0.1) is 0 Å². The largest absolute Gasteiger partial charge is 0.297 e. The van der Waals surface area contributed by atoms with Gasteiger partial charge in [0.15, 0.2) is 0 Å². The van der Waals surface area contributed by atoms with Gasteiger partial charge in [0, 0.05) is 0 Å². The fourth-order valence-corrected chi connectivity index (χ4v) is 3.24. The van der Waals surface area contributed by atoms with Crippen molar-refractivity contribution < 1.29 is 12.6 Å². The second kappa shape index (κ2) is 6.53. The van der Waals surface area contributed by atoms with E-state index in [4.69, 9.17) is 4.18 Å². The monoisotopic (exact) mass is 284 g/mol. The van der Waals surface area contributed by atoms with Gasteiger partial charge in [0.25, 0.3) is 10.1 Å². The Labute approximate surface area is 117 Å². The molecule has 19 heavy (non-hydrogen) atoms. The number of hydrogen-bond donors (Lipinski definition) is 0. The zero-order valence-electron chi connectivity index (χ0n) is 12.3. The van der Waals surface area contributed by atoms with Crippen molar-refractivity contribution in [2.45, 2.75) is 57.3 Å². The fourth-order valence-electron chi connectivity index (χ4n) is 1.89. The summed E-state index contributed by atoms with van der Waals surface area (Å²) < 4.78 is 29.6. The van der Waals surface area contributed by atoms with Gasteiger partial charge in [0.05, 0.1) is 11.5 Å².